The Morgan fingerprint density at radius 1 is 1.22 bits per heavy atom. The van der Waals surface area contributed by atoms with Crippen LogP contribution in [0.1, 0.15) is 24.4 Å². The molecule has 1 atom stereocenters. The molecule has 0 spiro atoms. The average Bonchev–Trinajstić information content (AvgIpc) is 2.57. The molecule has 1 aliphatic rings. The van der Waals surface area contributed by atoms with E-state index >= 15 is 0 Å². The summed E-state index contributed by atoms with van der Waals surface area (Å²) in [7, 11) is 0. The summed E-state index contributed by atoms with van der Waals surface area (Å²) in [5.41, 5.74) is 1.03. The van der Waals surface area contributed by atoms with Crippen molar-refractivity contribution in [3.8, 4) is 11.5 Å². The first kappa shape index (κ1) is 15.7. The lowest BCUT2D eigenvalue weighted by molar-refractivity contribution is -0.122. The molecule has 5 heteroatoms. The highest BCUT2D eigenvalue weighted by atomic mass is 35.5. The van der Waals surface area contributed by atoms with Gasteiger partial charge in [0.2, 0.25) is 5.91 Å². The lowest BCUT2D eigenvalue weighted by Crippen LogP contribution is -2.32. The van der Waals surface area contributed by atoms with Gasteiger partial charge in [0.1, 0.15) is 11.5 Å². The lowest BCUT2D eigenvalue weighted by atomic mass is 10.0. The molecule has 0 aliphatic carbocycles. The Morgan fingerprint density at radius 3 is 2.83 bits per heavy atom. The molecule has 2 aromatic rings. The molecule has 0 bridgehead atoms. The number of amides is 1. The molecule has 2 aromatic carbocycles. The number of benzene rings is 2. The number of para-hydroxylation sites is 1. The zero-order valence-electron chi connectivity index (χ0n) is 12.6. The van der Waals surface area contributed by atoms with E-state index in [4.69, 9.17) is 21.1 Å². The van der Waals surface area contributed by atoms with Gasteiger partial charge in [0.15, 0.2) is 0 Å². The van der Waals surface area contributed by atoms with Gasteiger partial charge in [0.05, 0.1) is 25.7 Å². The van der Waals surface area contributed by atoms with Gasteiger partial charge in [-0.2, -0.15) is 0 Å². The number of hydrogen-bond acceptors (Lipinski definition) is 3. The molecule has 0 aromatic heterocycles. The molecule has 0 radical (unpaired) electrons. The first-order valence-electron chi connectivity index (χ1n) is 7.62. The van der Waals surface area contributed by atoms with Crippen LogP contribution in [-0.2, 0) is 4.79 Å². The van der Waals surface area contributed by atoms with Crippen molar-refractivity contribution in [1.82, 2.24) is 5.32 Å². The number of carbonyl (C=O) groups is 1. The number of nitrogens with one attached hydrogen (secondary N) is 1. The standard InChI is InChI=1S/C18H18ClNO3/c19-13-5-7-14(8-6-13)22-12-10-18(21)20-16-9-11-23-17-4-2-1-3-15(16)17/h1-8,16H,9-12H2,(H,20,21)/t16-/m1/s1. The SMILES string of the molecule is O=C(CCOc1ccc(Cl)cc1)N[C@@H]1CCOc2ccccc21. The van der Waals surface area contributed by atoms with Crippen LogP contribution in [0.3, 0.4) is 0 Å². The van der Waals surface area contributed by atoms with Crippen LogP contribution in [0.25, 0.3) is 0 Å². The predicted molar refractivity (Wildman–Crippen MR) is 89.0 cm³/mol. The Morgan fingerprint density at radius 2 is 2.00 bits per heavy atom. The van der Waals surface area contributed by atoms with Crippen LogP contribution >= 0.6 is 11.6 Å². The van der Waals surface area contributed by atoms with Crippen LogP contribution in [-0.4, -0.2) is 19.1 Å². The third kappa shape index (κ3) is 4.17. The van der Waals surface area contributed by atoms with E-state index in [2.05, 4.69) is 5.32 Å². The van der Waals surface area contributed by atoms with Crippen LogP contribution in [0.15, 0.2) is 48.5 Å². The highest BCUT2D eigenvalue weighted by Gasteiger charge is 2.22. The number of fused-ring (bicyclic) bond motifs is 1. The molecule has 1 aliphatic heterocycles. The second-order valence-corrected chi connectivity index (χ2v) is 5.78. The van der Waals surface area contributed by atoms with E-state index < -0.39 is 0 Å². The van der Waals surface area contributed by atoms with Crippen molar-refractivity contribution >= 4 is 17.5 Å². The molecule has 23 heavy (non-hydrogen) atoms. The Kier molecular flexibility index (Phi) is 5.03. The number of ether oxygens (including phenoxy) is 2. The third-order valence-electron chi connectivity index (χ3n) is 3.71. The van der Waals surface area contributed by atoms with Crippen molar-refractivity contribution in [2.45, 2.75) is 18.9 Å². The third-order valence-corrected chi connectivity index (χ3v) is 3.96. The smallest absolute Gasteiger partial charge is 0.223 e. The van der Waals surface area contributed by atoms with E-state index in [1.165, 1.54) is 0 Å². The summed E-state index contributed by atoms with van der Waals surface area (Å²) in [4.78, 5) is 12.1. The van der Waals surface area contributed by atoms with E-state index in [9.17, 15) is 4.79 Å². The van der Waals surface area contributed by atoms with Crippen molar-refractivity contribution in [3.05, 3.63) is 59.1 Å². The number of rotatable bonds is 5. The van der Waals surface area contributed by atoms with Gasteiger partial charge in [-0.3, -0.25) is 4.79 Å². The number of halogens is 1. The van der Waals surface area contributed by atoms with Crippen LogP contribution in [0.4, 0.5) is 0 Å². The second kappa shape index (κ2) is 7.38. The first-order valence-corrected chi connectivity index (χ1v) is 7.99. The minimum Gasteiger partial charge on any atom is -0.493 e. The van der Waals surface area contributed by atoms with Crippen molar-refractivity contribution in [2.75, 3.05) is 13.2 Å². The zero-order chi connectivity index (χ0) is 16.1. The fourth-order valence-electron chi connectivity index (χ4n) is 2.55. The van der Waals surface area contributed by atoms with Crippen LogP contribution in [0, 0.1) is 0 Å². The van der Waals surface area contributed by atoms with Gasteiger partial charge < -0.3 is 14.8 Å². The zero-order valence-corrected chi connectivity index (χ0v) is 13.4. The molecular formula is C18H18ClNO3. The lowest BCUT2D eigenvalue weighted by Gasteiger charge is -2.26. The summed E-state index contributed by atoms with van der Waals surface area (Å²) in [6.45, 7) is 0.946. The average molecular weight is 332 g/mol. The monoisotopic (exact) mass is 331 g/mol. The van der Waals surface area contributed by atoms with Gasteiger partial charge in [-0.05, 0) is 30.3 Å². The van der Waals surface area contributed by atoms with E-state index in [-0.39, 0.29) is 11.9 Å². The molecular weight excluding hydrogens is 314 g/mol. The highest BCUT2D eigenvalue weighted by Crippen LogP contribution is 2.31. The molecule has 0 saturated heterocycles. The van der Waals surface area contributed by atoms with E-state index in [0.29, 0.717) is 30.4 Å². The van der Waals surface area contributed by atoms with Gasteiger partial charge >= 0.3 is 0 Å². The summed E-state index contributed by atoms with van der Waals surface area (Å²) in [6, 6.07) is 14.9. The summed E-state index contributed by atoms with van der Waals surface area (Å²) < 4.78 is 11.1. The Hall–Kier alpha value is -2.20. The largest absolute Gasteiger partial charge is 0.493 e. The minimum absolute atomic E-state index is 0.00276. The summed E-state index contributed by atoms with van der Waals surface area (Å²) in [5.74, 6) is 1.53. The Bertz CT molecular complexity index is 672. The fourth-order valence-corrected chi connectivity index (χ4v) is 2.68. The predicted octanol–water partition coefficient (Wildman–Crippen LogP) is 3.75. The quantitative estimate of drug-likeness (QED) is 0.907. The Labute approximate surface area is 140 Å². The normalized spacial score (nSPS) is 16.1. The fraction of sp³-hybridized carbons (Fsp3) is 0.278. The van der Waals surface area contributed by atoms with Gasteiger partial charge in [0, 0.05) is 17.0 Å². The van der Waals surface area contributed by atoms with E-state index in [0.717, 1.165) is 17.7 Å². The molecule has 3 rings (SSSR count). The second-order valence-electron chi connectivity index (χ2n) is 5.35. The van der Waals surface area contributed by atoms with Gasteiger partial charge in [0.25, 0.3) is 0 Å². The van der Waals surface area contributed by atoms with Gasteiger partial charge in [-0.25, -0.2) is 0 Å². The molecule has 120 valence electrons. The maximum absolute atomic E-state index is 12.1. The molecule has 0 unspecified atom stereocenters. The molecule has 1 heterocycles. The molecule has 1 amide bonds. The van der Waals surface area contributed by atoms with Crippen LogP contribution < -0.4 is 14.8 Å². The van der Waals surface area contributed by atoms with Gasteiger partial charge in [-0.15, -0.1) is 0 Å². The molecule has 0 saturated carbocycles. The topological polar surface area (TPSA) is 47.6 Å². The Balaban J connectivity index is 1.49. The summed E-state index contributed by atoms with van der Waals surface area (Å²) >= 11 is 5.82. The van der Waals surface area contributed by atoms with Crippen molar-refractivity contribution in [1.29, 1.82) is 0 Å². The number of carbonyl (C=O) groups excluding carboxylic acids is 1. The van der Waals surface area contributed by atoms with Crippen molar-refractivity contribution in [2.24, 2.45) is 0 Å². The summed E-state index contributed by atoms with van der Waals surface area (Å²) in [6.07, 6.45) is 1.09. The molecule has 4 nitrogen and oxygen atoms in total. The minimum atomic E-state index is -0.0272. The van der Waals surface area contributed by atoms with E-state index in [1.54, 1.807) is 24.3 Å². The molecule has 0 fully saturated rings. The first-order chi connectivity index (χ1) is 11.2. The summed E-state index contributed by atoms with van der Waals surface area (Å²) in [5, 5.41) is 3.71. The number of hydrogen-bond donors (Lipinski definition) is 1. The van der Waals surface area contributed by atoms with E-state index in [1.807, 2.05) is 24.3 Å². The van der Waals surface area contributed by atoms with Crippen molar-refractivity contribution < 1.29 is 14.3 Å². The molecule has 1 N–H and O–H groups in total. The maximum atomic E-state index is 12.1. The van der Waals surface area contributed by atoms with Crippen LogP contribution in [0.5, 0.6) is 11.5 Å². The van der Waals surface area contributed by atoms with Crippen molar-refractivity contribution in [3.63, 3.8) is 0 Å². The highest BCUT2D eigenvalue weighted by molar-refractivity contribution is 6.30. The van der Waals surface area contributed by atoms with Crippen LogP contribution in [0.2, 0.25) is 5.02 Å². The maximum Gasteiger partial charge on any atom is 0.223 e. The van der Waals surface area contributed by atoms with Gasteiger partial charge in [-0.1, -0.05) is 29.8 Å².